The third-order valence-electron chi connectivity index (χ3n) is 4.04. The van der Waals surface area contributed by atoms with Gasteiger partial charge in [-0.3, -0.25) is 0 Å². The summed E-state index contributed by atoms with van der Waals surface area (Å²) in [6.07, 6.45) is 4.62. The van der Waals surface area contributed by atoms with Gasteiger partial charge in [0.25, 0.3) is 0 Å². The normalized spacial score (nSPS) is 14.2. The number of nitrogens with one attached hydrogen (secondary N) is 1. The van der Waals surface area contributed by atoms with Crippen LogP contribution in [0.15, 0.2) is 36.5 Å². The van der Waals surface area contributed by atoms with Crippen LogP contribution in [0.5, 0.6) is 0 Å². The van der Waals surface area contributed by atoms with Gasteiger partial charge >= 0.3 is 0 Å². The first kappa shape index (κ1) is 14.1. The van der Waals surface area contributed by atoms with Gasteiger partial charge < -0.3 is 10.2 Å². The molecule has 0 unspecified atom stereocenters. The van der Waals surface area contributed by atoms with Gasteiger partial charge in [0.15, 0.2) is 0 Å². The lowest BCUT2D eigenvalue weighted by Gasteiger charge is -2.21. The molecule has 110 valence electrons. The number of pyridine rings is 1. The van der Waals surface area contributed by atoms with Crippen molar-refractivity contribution in [2.45, 2.75) is 39.3 Å². The minimum absolute atomic E-state index is 0.738. The predicted octanol–water partition coefficient (Wildman–Crippen LogP) is 3.72. The lowest BCUT2D eigenvalue weighted by molar-refractivity contribution is 0.686. The van der Waals surface area contributed by atoms with Gasteiger partial charge in [-0.05, 0) is 49.9 Å². The molecule has 2 aromatic rings. The number of rotatable bonds is 5. The Bertz CT molecular complexity index is 615. The number of aromatic nitrogens is 1. The molecule has 0 saturated heterocycles. The summed E-state index contributed by atoms with van der Waals surface area (Å²) in [4.78, 5) is 6.75. The summed E-state index contributed by atoms with van der Waals surface area (Å²) in [5.74, 6) is 0.983. The fourth-order valence-electron chi connectivity index (χ4n) is 2.57. The Balaban J connectivity index is 1.72. The van der Waals surface area contributed by atoms with Crippen LogP contribution >= 0.6 is 0 Å². The number of benzene rings is 1. The number of hydrogen-bond acceptors (Lipinski definition) is 3. The first-order valence-corrected chi connectivity index (χ1v) is 7.63. The zero-order valence-electron chi connectivity index (χ0n) is 13.1. The molecule has 1 aliphatic carbocycles. The molecule has 1 saturated carbocycles. The molecule has 1 N–H and O–H groups in total. The quantitative estimate of drug-likeness (QED) is 0.905. The Morgan fingerprint density at radius 1 is 1.19 bits per heavy atom. The van der Waals surface area contributed by atoms with Crippen LogP contribution in [0.25, 0.3) is 0 Å². The third-order valence-corrected chi connectivity index (χ3v) is 4.04. The van der Waals surface area contributed by atoms with Gasteiger partial charge in [0, 0.05) is 31.5 Å². The average molecular weight is 281 g/mol. The zero-order valence-corrected chi connectivity index (χ0v) is 13.1. The SMILES string of the molecule is Cc1ccc(N(C)c2ccc(CNC3CC3)cn2)c(C)c1. The summed E-state index contributed by atoms with van der Waals surface area (Å²) in [7, 11) is 2.07. The second kappa shape index (κ2) is 5.86. The van der Waals surface area contributed by atoms with Crippen molar-refractivity contribution < 1.29 is 0 Å². The van der Waals surface area contributed by atoms with E-state index >= 15 is 0 Å². The van der Waals surface area contributed by atoms with Crippen molar-refractivity contribution in [2.75, 3.05) is 11.9 Å². The van der Waals surface area contributed by atoms with Crippen molar-refractivity contribution in [1.29, 1.82) is 0 Å². The van der Waals surface area contributed by atoms with Crippen molar-refractivity contribution in [3.05, 3.63) is 53.2 Å². The second-order valence-corrected chi connectivity index (χ2v) is 6.03. The van der Waals surface area contributed by atoms with Crippen LogP contribution in [0, 0.1) is 13.8 Å². The first-order valence-electron chi connectivity index (χ1n) is 7.63. The smallest absolute Gasteiger partial charge is 0.132 e. The molecule has 0 bridgehead atoms. The average Bonchev–Trinajstić information content (AvgIpc) is 3.29. The van der Waals surface area contributed by atoms with E-state index in [0.29, 0.717) is 0 Å². The van der Waals surface area contributed by atoms with Crippen molar-refractivity contribution in [3.63, 3.8) is 0 Å². The third kappa shape index (κ3) is 3.42. The van der Waals surface area contributed by atoms with Crippen molar-refractivity contribution in [2.24, 2.45) is 0 Å². The van der Waals surface area contributed by atoms with Crippen LogP contribution in [0.2, 0.25) is 0 Å². The van der Waals surface area contributed by atoms with Crippen LogP contribution in [0.4, 0.5) is 11.5 Å². The minimum Gasteiger partial charge on any atom is -0.329 e. The van der Waals surface area contributed by atoms with E-state index in [-0.39, 0.29) is 0 Å². The molecule has 3 heteroatoms. The van der Waals surface area contributed by atoms with E-state index in [2.05, 4.69) is 66.4 Å². The molecule has 1 heterocycles. The van der Waals surface area contributed by atoms with Gasteiger partial charge in [0.2, 0.25) is 0 Å². The maximum atomic E-state index is 4.60. The molecule has 3 nitrogen and oxygen atoms in total. The Kier molecular flexibility index (Phi) is 3.93. The summed E-state index contributed by atoms with van der Waals surface area (Å²) in [5, 5.41) is 3.51. The Morgan fingerprint density at radius 2 is 2.00 bits per heavy atom. The molecule has 1 aromatic carbocycles. The zero-order chi connectivity index (χ0) is 14.8. The molecule has 21 heavy (non-hydrogen) atoms. The van der Waals surface area contributed by atoms with E-state index in [0.717, 1.165) is 18.4 Å². The molecular weight excluding hydrogens is 258 g/mol. The van der Waals surface area contributed by atoms with Crippen molar-refractivity contribution in [3.8, 4) is 0 Å². The first-order chi connectivity index (χ1) is 10.1. The summed E-state index contributed by atoms with van der Waals surface area (Å²) < 4.78 is 0. The molecule has 0 amide bonds. The number of hydrogen-bond donors (Lipinski definition) is 1. The van der Waals surface area contributed by atoms with Crippen LogP contribution in [0.3, 0.4) is 0 Å². The monoisotopic (exact) mass is 281 g/mol. The maximum absolute atomic E-state index is 4.60. The minimum atomic E-state index is 0.738. The Morgan fingerprint density at radius 3 is 2.62 bits per heavy atom. The Labute approximate surface area is 127 Å². The summed E-state index contributed by atoms with van der Waals surface area (Å²) in [6.45, 7) is 5.19. The molecule has 0 atom stereocenters. The van der Waals surface area contributed by atoms with E-state index in [1.165, 1.54) is 35.2 Å². The highest BCUT2D eigenvalue weighted by molar-refractivity contribution is 5.63. The van der Waals surface area contributed by atoms with Crippen LogP contribution in [0.1, 0.15) is 29.5 Å². The standard InChI is InChI=1S/C18H23N3/c1-13-4-8-17(14(2)10-13)21(3)18-9-5-15(12-20-18)11-19-16-6-7-16/h4-5,8-10,12,16,19H,6-7,11H2,1-3H3. The molecule has 3 rings (SSSR count). The van der Waals surface area contributed by atoms with Crippen LogP contribution in [-0.2, 0) is 6.54 Å². The van der Waals surface area contributed by atoms with Crippen LogP contribution in [-0.4, -0.2) is 18.1 Å². The molecule has 0 radical (unpaired) electrons. The van der Waals surface area contributed by atoms with E-state index in [1.54, 1.807) is 0 Å². The lowest BCUT2D eigenvalue weighted by atomic mass is 10.1. The van der Waals surface area contributed by atoms with Gasteiger partial charge in [-0.25, -0.2) is 4.98 Å². The van der Waals surface area contributed by atoms with E-state index in [9.17, 15) is 0 Å². The molecule has 1 aliphatic rings. The van der Waals surface area contributed by atoms with Crippen LogP contribution < -0.4 is 10.2 Å². The maximum Gasteiger partial charge on any atom is 0.132 e. The fraction of sp³-hybridized carbons (Fsp3) is 0.389. The summed E-state index contributed by atoms with van der Waals surface area (Å²) in [6, 6.07) is 11.5. The molecule has 0 aliphatic heterocycles. The van der Waals surface area contributed by atoms with Crippen molar-refractivity contribution in [1.82, 2.24) is 10.3 Å². The van der Waals surface area contributed by atoms with Gasteiger partial charge in [0.05, 0.1) is 0 Å². The van der Waals surface area contributed by atoms with E-state index in [1.807, 2.05) is 6.20 Å². The molecular formula is C18H23N3. The second-order valence-electron chi connectivity index (χ2n) is 6.03. The van der Waals surface area contributed by atoms with Gasteiger partial charge in [-0.1, -0.05) is 23.8 Å². The largest absolute Gasteiger partial charge is 0.329 e. The molecule has 1 fully saturated rings. The number of aryl methyl sites for hydroxylation is 2. The van der Waals surface area contributed by atoms with Gasteiger partial charge in [0.1, 0.15) is 5.82 Å². The van der Waals surface area contributed by atoms with E-state index in [4.69, 9.17) is 0 Å². The summed E-state index contributed by atoms with van der Waals surface area (Å²) in [5.41, 5.74) is 5.02. The molecule has 0 spiro atoms. The fourth-order valence-corrected chi connectivity index (χ4v) is 2.57. The van der Waals surface area contributed by atoms with Gasteiger partial charge in [-0.2, -0.15) is 0 Å². The van der Waals surface area contributed by atoms with Gasteiger partial charge in [-0.15, -0.1) is 0 Å². The highest BCUT2D eigenvalue weighted by Crippen LogP contribution is 2.26. The lowest BCUT2D eigenvalue weighted by Crippen LogP contribution is -2.16. The number of nitrogens with zero attached hydrogens (tertiary/aromatic N) is 2. The predicted molar refractivity (Wildman–Crippen MR) is 88.1 cm³/mol. The van der Waals surface area contributed by atoms with E-state index < -0.39 is 0 Å². The van der Waals surface area contributed by atoms with Crippen molar-refractivity contribution >= 4 is 11.5 Å². The topological polar surface area (TPSA) is 28.2 Å². The Hall–Kier alpha value is -1.87. The highest BCUT2D eigenvalue weighted by atomic mass is 15.2. The highest BCUT2D eigenvalue weighted by Gasteiger charge is 2.19. The number of anilines is 2. The molecule has 1 aromatic heterocycles. The summed E-state index contributed by atoms with van der Waals surface area (Å²) >= 11 is 0.